The average Bonchev–Trinajstić information content (AvgIpc) is 3.24. The van der Waals surface area contributed by atoms with Crippen molar-refractivity contribution >= 4 is 34.5 Å². The molecule has 0 saturated heterocycles. The van der Waals surface area contributed by atoms with Crippen LogP contribution >= 0.6 is 0 Å². The van der Waals surface area contributed by atoms with Gasteiger partial charge in [0.2, 0.25) is 11.9 Å². The maximum absolute atomic E-state index is 12.8. The van der Waals surface area contributed by atoms with Crippen LogP contribution in [-0.4, -0.2) is 51.9 Å². The molecule has 2 heterocycles. The van der Waals surface area contributed by atoms with Gasteiger partial charge in [-0.3, -0.25) is 19.6 Å². The number of aromatic amines is 1. The van der Waals surface area contributed by atoms with Crippen molar-refractivity contribution in [1.29, 1.82) is 0 Å². The smallest absolute Gasteiger partial charge is 0.278 e. The van der Waals surface area contributed by atoms with Crippen molar-refractivity contribution in [2.24, 2.45) is 5.73 Å². The minimum atomic E-state index is -0.603. The number of fused-ring (bicyclic) bond motifs is 1. The summed E-state index contributed by atoms with van der Waals surface area (Å²) in [6.45, 7) is 4.99. The molecule has 0 aliphatic heterocycles. The van der Waals surface area contributed by atoms with Gasteiger partial charge in [0.25, 0.3) is 5.91 Å². The van der Waals surface area contributed by atoms with E-state index in [0.717, 1.165) is 0 Å². The topological polar surface area (TPSA) is 163 Å². The Hall–Kier alpha value is -3.60. The number of methoxy groups -OCH3 is 1. The molecule has 0 bridgehead atoms. The number of primary amides is 1. The first-order chi connectivity index (χ1) is 14.3. The van der Waals surface area contributed by atoms with Crippen LogP contribution in [-0.2, 0) is 11.3 Å². The molecule has 2 aromatic heterocycles. The van der Waals surface area contributed by atoms with Crippen molar-refractivity contribution in [2.75, 3.05) is 31.4 Å². The Balaban J connectivity index is 1.92. The molecule has 11 heteroatoms. The Morgan fingerprint density at radius 3 is 2.73 bits per heavy atom. The average molecular weight is 415 g/mol. The second kappa shape index (κ2) is 8.82. The number of benzene rings is 1. The van der Waals surface area contributed by atoms with E-state index in [4.69, 9.17) is 20.9 Å². The maximum atomic E-state index is 12.8. The van der Waals surface area contributed by atoms with Gasteiger partial charge in [-0.25, -0.2) is 4.98 Å². The van der Waals surface area contributed by atoms with E-state index in [1.165, 1.54) is 10.7 Å². The maximum Gasteiger partial charge on any atom is 0.278 e. The minimum Gasteiger partial charge on any atom is -0.491 e. The fourth-order valence-corrected chi connectivity index (χ4v) is 3.01. The highest BCUT2D eigenvalue weighted by Crippen LogP contribution is 2.28. The van der Waals surface area contributed by atoms with Gasteiger partial charge < -0.3 is 25.9 Å². The Bertz CT molecular complexity index is 1090. The molecule has 6 N–H and O–H groups in total. The summed E-state index contributed by atoms with van der Waals surface area (Å²) >= 11 is 0. The zero-order chi connectivity index (χ0) is 21.8. The van der Waals surface area contributed by atoms with E-state index in [1.807, 2.05) is 6.92 Å². The van der Waals surface area contributed by atoms with Gasteiger partial charge >= 0.3 is 0 Å². The number of hydrogen-bond acceptors (Lipinski definition) is 7. The largest absolute Gasteiger partial charge is 0.491 e. The number of carbonyl (C=O) groups excluding carboxylic acids is 2. The first-order valence-electron chi connectivity index (χ1n) is 9.45. The van der Waals surface area contributed by atoms with Crippen LogP contribution in [0, 0.1) is 6.92 Å². The molecule has 1 aromatic carbocycles. The Morgan fingerprint density at radius 1 is 1.30 bits per heavy atom. The number of anilines is 2. The molecule has 3 rings (SSSR count). The van der Waals surface area contributed by atoms with E-state index < -0.39 is 11.8 Å². The number of ether oxygens (including phenoxy) is 2. The number of hydrogen-bond donors (Lipinski definition) is 4. The van der Waals surface area contributed by atoms with Crippen LogP contribution in [0.1, 0.15) is 39.9 Å². The summed E-state index contributed by atoms with van der Waals surface area (Å²) < 4.78 is 12.3. The van der Waals surface area contributed by atoms with Crippen LogP contribution in [0.4, 0.5) is 11.6 Å². The lowest BCUT2D eigenvalue weighted by Gasteiger charge is -2.07. The van der Waals surface area contributed by atoms with E-state index in [0.29, 0.717) is 54.3 Å². The summed E-state index contributed by atoms with van der Waals surface area (Å²) in [6, 6.07) is 3.08. The number of rotatable bonds is 9. The lowest BCUT2D eigenvalue weighted by molar-refractivity contribution is 0.0995. The third-order valence-corrected chi connectivity index (χ3v) is 4.51. The number of nitrogens with zero attached hydrogens (tertiary/aromatic N) is 3. The highest BCUT2D eigenvalue weighted by atomic mass is 16.5. The third-order valence-electron chi connectivity index (χ3n) is 4.51. The molecule has 3 aromatic rings. The van der Waals surface area contributed by atoms with Gasteiger partial charge in [0, 0.05) is 32.2 Å². The number of amides is 2. The molecular weight excluding hydrogens is 390 g/mol. The summed E-state index contributed by atoms with van der Waals surface area (Å²) in [5.74, 6) is -0.497. The normalized spacial score (nSPS) is 11.0. The first-order valence-corrected chi connectivity index (χ1v) is 9.45. The SMILES string of the molecule is CCn1nc(C)c(N)c1C(=O)Nc1nc2c(OCCCOC)cc(C(N)=O)cc2[nH]1. The van der Waals surface area contributed by atoms with E-state index in [2.05, 4.69) is 20.4 Å². The van der Waals surface area contributed by atoms with Crippen molar-refractivity contribution in [3.8, 4) is 5.75 Å². The number of aryl methyl sites for hydroxylation is 2. The van der Waals surface area contributed by atoms with Crippen LogP contribution in [0.25, 0.3) is 11.0 Å². The van der Waals surface area contributed by atoms with E-state index in [9.17, 15) is 9.59 Å². The number of nitrogens with one attached hydrogen (secondary N) is 2. The number of nitrogens with two attached hydrogens (primary N) is 2. The zero-order valence-electron chi connectivity index (χ0n) is 17.1. The summed E-state index contributed by atoms with van der Waals surface area (Å²) in [6.07, 6.45) is 0.659. The van der Waals surface area contributed by atoms with Gasteiger partial charge in [0.1, 0.15) is 17.0 Å². The van der Waals surface area contributed by atoms with Gasteiger partial charge in [-0.05, 0) is 26.0 Å². The van der Waals surface area contributed by atoms with Crippen molar-refractivity contribution < 1.29 is 19.1 Å². The second-order valence-electron chi connectivity index (χ2n) is 6.63. The molecule has 0 spiro atoms. The number of aromatic nitrogens is 4. The fourth-order valence-electron chi connectivity index (χ4n) is 3.01. The molecule has 0 unspecified atom stereocenters. The fraction of sp³-hybridized carbons (Fsp3) is 0.368. The van der Waals surface area contributed by atoms with Gasteiger partial charge in [-0.15, -0.1) is 0 Å². The minimum absolute atomic E-state index is 0.180. The van der Waals surface area contributed by atoms with Gasteiger partial charge in [0.05, 0.1) is 23.5 Å². The molecule has 11 nitrogen and oxygen atoms in total. The Kier molecular flexibility index (Phi) is 6.21. The standard InChI is InChI=1S/C19H25N7O4/c1-4-26-16(14(20)10(2)25-26)18(28)24-19-22-12-8-11(17(21)27)9-13(15(12)23-19)30-7-5-6-29-3/h8-9H,4-7,20H2,1-3H3,(H2,21,27)(H2,22,23,24,28). The van der Waals surface area contributed by atoms with Crippen molar-refractivity contribution in [2.45, 2.75) is 26.8 Å². The predicted octanol–water partition coefficient (Wildman–Crippen LogP) is 1.44. The summed E-state index contributed by atoms with van der Waals surface area (Å²) in [7, 11) is 1.60. The van der Waals surface area contributed by atoms with Crippen molar-refractivity contribution in [1.82, 2.24) is 19.7 Å². The molecule has 0 saturated carbocycles. The van der Waals surface area contributed by atoms with Crippen LogP contribution in [0.15, 0.2) is 12.1 Å². The molecule has 0 aliphatic carbocycles. The van der Waals surface area contributed by atoms with Crippen molar-refractivity contribution in [3.05, 3.63) is 29.1 Å². The highest BCUT2D eigenvalue weighted by Gasteiger charge is 2.21. The van der Waals surface area contributed by atoms with Crippen molar-refractivity contribution in [3.63, 3.8) is 0 Å². The summed E-state index contributed by atoms with van der Waals surface area (Å²) in [5, 5.41) is 6.94. The first kappa shape index (κ1) is 21.1. The van der Waals surface area contributed by atoms with Crippen LogP contribution in [0.5, 0.6) is 5.75 Å². The Morgan fingerprint density at radius 2 is 2.07 bits per heavy atom. The lowest BCUT2D eigenvalue weighted by atomic mass is 10.2. The van der Waals surface area contributed by atoms with Crippen LogP contribution < -0.4 is 21.5 Å². The quantitative estimate of drug-likeness (QED) is 0.384. The third kappa shape index (κ3) is 4.20. The zero-order valence-corrected chi connectivity index (χ0v) is 17.1. The molecule has 30 heavy (non-hydrogen) atoms. The predicted molar refractivity (Wildman–Crippen MR) is 112 cm³/mol. The van der Waals surface area contributed by atoms with E-state index >= 15 is 0 Å². The monoisotopic (exact) mass is 415 g/mol. The van der Waals surface area contributed by atoms with Gasteiger partial charge in [-0.2, -0.15) is 5.10 Å². The molecular formula is C19H25N7O4. The number of H-pyrrole nitrogens is 1. The molecule has 0 fully saturated rings. The lowest BCUT2D eigenvalue weighted by Crippen LogP contribution is -2.19. The van der Waals surface area contributed by atoms with Gasteiger partial charge in [-0.1, -0.05) is 0 Å². The molecule has 0 atom stereocenters. The van der Waals surface area contributed by atoms with Crippen LogP contribution in [0.3, 0.4) is 0 Å². The summed E-state index contributed by atoms with van der Waals surface area (Å²) in [4.78, 5) is 31.8. The number of imidazole rings is 1. The number of nitrogen functional groups attached to an aromatic ring is 1. The molecule has 0 radical (unpaired) electrons. The molecule has 160 valence electrons. The van der Waals surface area contributed by atoms with Crippen LogP contribution in [0.2, 0.25) is 0 Å². The number of carbonyl (C=O) groups is 2. The highest BCUT2D eigenvalue weighted by molar-refractivity contribution is 6.07. The van der Waals surface area contributed by atoms with E-state index in [-0.39, 0.29) is 17.2 Å². The molecule has 2 amide bonds. The molecule has 0 aliphatic rings. The second-order valence-corrected chi connectivity index (χ2v) is 6.63. The van der Waals surface area contributed by atoms with E-state index in [1.54, 1.807) is 20.1 Å². The summed E-state index contributed by atoms with van der Waals surface area (Å²) in [5.41, 5.74) is 13.8. The Labute approximate surface area is 172 Å². The van der Waals surface area contributed by atoms with Gasteiger partial charge in [0.15, 0.2) is 0 Å².